The molecule has 7 nitrogen and oxygen atoms in total. The van der Waals surface area contributed by atoms with Gasteiger partial charge in [-0.2, -0.15) is 5.10 Å². The molecular weight excluding hydrogens is 344 g/mol. The second-order valence-electron chi connectivity index (χ2n) is 6.63. The van der Waals surface area contributed by atoms with E-state index in [1.807, 2.05) is 44.2 Å². The lowest BCUT2D eigenvalue weighted by Gasteiger charge is -2.21. The van der Waals surface area contributed by atoms with Crippen LogP contribution in [0.1, 0.15) is 40.0 Å². The summed E-state index contributed by atoms with van der Waals surface area (Å²) < 4.78 is 0. The van der Waals surface area contributed by atoms with Crippen LogP contribution in [0.3, 0.4) is 0 Å². The Morgan fingerprint density at radius 1 is 1.19 bits per heavy atom. The van der Waals surface area contributed by atoms with Gasteiger partial charge < -0.3 is 10.2 Å². The summed E-state index contributed by atoms with van der Waals surface area (Å²) >= 11 is 0. The molecule has 1 aromatic rings. The third-order valence-corrected chi connectivity index (χ3v) is 4.33. The summed E-state index contributed by atoms with van der Waals surface area (Å²) in [6.45, 7) is 6.49. The van der Waals surface area contributed by atoms with Crippen LogP contribution in [-0.2, 0) is 14.4 Å². The summed E-state index contributed by atoms with van der Waals surface area (Å²) in [6.07, 6.45) is 1.82. The zero-order valence-corrected chi connectivity index (χ0v) is 16.3. The molecule has 1 aliphatic heterocycles. The minimum absolute atomic E-state index is 0.00175. The maximum atomic E-state index is 13.0. The molecule has 1 unspecified atom stereocenters. The van der Waals surface area contributed by atoms with Gasteiger partial charge in [0.05, 0.1) is 12.2 Å². The Balaban J connectivity index is 2.19. The van der Waals surface area contributed by atoms with Gasteiger partial charge in [-0.25, -0.2) is 0 Å². The molecule has 0 fully saturated rings. The average Bonchev–Trinajstić information content (AvgIpc) is 3.12. The molecule has 1 aliphatic rings. The number of hydrogen-bond donors (Lipinski definition) is 1. The van der Waals surface area contributed by atoms with Crippen LogP contribution in [0, 0.1) is 0 Å². The molecule has 0 spiro atoms. The predicted octanol–water partition coefficient (Wildman–Crippen LogP) is 1.98. The monoisotopic (exact) mass is 372 g/mol. The third-order valence-electron chi connectivity index (χ3n) is 4.33. The van der Waals surface area contributed by atoms with Crippen molar-refractivity contribution in [3.8, 4) is 0 Å². The molecule has 27 heavy (non-hydrogen) atoms. The van der Waals surface area contributed by atoms with Crippen LogP contribution < -0.4 is 10.3 Å². The van der Waals surface area contributed by atoms with Crippen molar-refractivity contribution in [3.05, 3.63) is 30.3 Å². The van der Waals surface area contributed by atoms with Gasteiger partial charge >= 0.3 is 0 Å². The largest absolute Gasteiger partial charge is 0.355 e. The Bertz CT molecular complexity index is 702. The van der Waals surface area contributed by atoms with Crippen molar-refractivity contribution < 1.29 is 14.4 Å². The van der Waals surface area contributed by atoms with Crippen LogP contribution in [0.15, 0.2) is 35.4 Å². The van der Waals surface area contributed by atoms with Gasteiger partial charge in [-0.05, 0) is 31.9 Å². The number of carbonyl (C=O) groups is 3. The first-order valence-corrected chi connectivity index (χ1v) is 9.46. The standard InChI is InChI=1S/C20H28N4O3/c1-4-11-21-19(26)14-23(12-5-2)20(27)17-13-18(15(3)25)24(22-17)16-9-7-6-8-10-16/h6-10,18H,4-5,11-14H2,1-3H3,(H,21,26). The molecule has 0 aromatic heterocycles. The molecule has 0 aliphatic carbocycles. The van der Waals surface area contributed by atoms with Crippen LogP contribution in [-0.4, -0.2) is 53.9 Å². The van der Waals surface area contributed by atoms with E-state index in [-0.39, 0.29) is 30.6 Å². The fourth-order valence-electron chi connectivity index (χ4n) is 2.97. The Labute approximate surface area is 160 Å². The molecule has 2 rings (SSSR count). The van der Waals surface area contributed by atoms with E-state index in [1.165, 1.54) is 11.8 Å². The van der Waals surface area contributed by atoms with Gasteiger partial charge in [0.15, 0.2) is 5.78 Å². The van der Waals surface area contributed by atoms with Gasteiger partial charge in [0.2, 0.25) is 5.91 Å². The van der Waals surface area contributed by atoms with Gasteiger partial charge in [-0.15, -0.1) is 0 Å². The number of nitrogens with one attached hydrogen (secondary N) is 1. The molecule has 1 aromatic carbocycles. The topological polar surface area (TPSA) is 82.1 Å². The molecule has 0 saturated carbocycles. The summed E-state index contributed by atoms with van der Waals surface area (Å²) in [7, 11) is 0. The van der Waals surface area contributed by atoms with Crippen molar-refractivity contribution in [2.24, 2.45) is 5.10 Å². The molecular formula is C20H28N4O3. The molecule has 2 amide bonds. The average molecular weight is 372 g/mol. The number of hydrogen-bond acceptors (Lipinski definition) is 5. The summed E-state index contributed by atoms with van der Waals surface area (Å²) in [5.74, 6) is -0.512. The second-order valence-corrected chi connectivity index (χ2v) is 6.63. The first kappa shape index (κ1) is 20.6. The number of amides is 2. The van der Waals surface area contributed by atoms with Crippen molar-refractivity contribution in [1.82, 2.24) is 10.2 Å². The summed E-state index contributed by atoms with van der Waals surface area (Å²) in [5.41, 5.74) is 1.08. The number of ketones is 1. The lowest BCUT2D eigenvalue weighted by molar-refractivity contribution is -0.131. The van der Waals surface area contributed by atoms with Crippen LogP contribution in [0.25, 0.3) is 0 Å². The number of benzene rings is 1. The quantitative estimate of drug-likeness (QED) is 0.719. The number of Topliss-reactive ketones (excluding diaryl/α,β-unsaturated/α-hetero) is 1. The van der Waals surface area contributed by atoms with E-state index in [4.69, 9.17) is 0 Å². The lowest BCUT2D eigenvalue weighted by atomic mass is 10.1. The van der Waals surface area contributed by atoms with Crippen molar-refractivity contribution >= 4 is 29.0 Å². The molecule has 7 heteroatoms. The summed E-state index contributed by atoms with van der Waals surface area (Å²) in [6, 6.07) is 8.83. The van der Waals surface area contributed by atoms with E-state index in [0.29, 0.717) is 18.8 Å². The van der Waals surface area contributed by atoms with E-state index in [1.54, 1.807) is 5.01 Å². The smallest absolute Gasteiger partial charge is 0.270 e. The molecule has 0 bridgehead atoms. The van der Waals surface area contributed by atoms with Crippen molar-refractivity contribution in [3.63, 3.8) is 0 Å². The fourth-order valence-corrected chi connectivity index (χ4v) is 2.97. The zero-order valence-electron chi connectivity index (χ0n) is 16.3. The maximum absolute atomic E-state index is 13.0. The van der Waals surface area contributed by atoms with E-state index >= 15 is 0 Å². The van der Waals surface area contributed by atoms with Gasteiger partial charge in [-0.3, -0.25) is 19.4 Å². The Morgan fingerprint density at radius 2 is 1.89 bits per heavy atom. The SMILES string of the molecule is CCCNC(=O)CN(CCC)C(=O)C1=NN(c2ccccc2)C(C(C)=O)C1. The number of carbonyl (C=O) groups excluding carboxylic acids is 3. The van der Waals surface area contributed by atoms with Crippen molar-refractivity contribution in [1.29, 1.82) is 0 Å². The maximum Gasteiger partial charge on any atom is 0.270 e. The van der Waals surface area contributed by atoms with Gasteiger partial charge in [0.25, 0.3) is 5.91 Å². The highest BCUT2D eigenvalue weighted by Gasteiger charge is 2.35. The van der Waals surface area contributed by atoms with Crippen molar-refractivity contribution in [2.45, 2.75) is 46.1 Å². The molecule has 0 saturated heterocycles. The number of hydrazone groups is 1. The summed E-state index contributed by atoms with van der Waals surface area (Å²) in [5, 5.41) is 8.84. The van der Waals surface area contributed by atoms with E-state index in [0.717, 1.165) is 18.5 Å². The molecule has 146 valence electrons. The third kappa shape index (κ3) is 5.39. The van der Waals surface area contributed by atoms with Gasteiger partial charge in [0, 0.05) is 19.5 Å². The highest BCUT2D eigenvalue weighted by Crippen LogP contribution is 2.25. The van der Waals surface area contributed by atoms with E-state index in [2.05, 4.69) is 10.4 Å². The van der Waals surface area contributed by atoms with Gasteiger partial charge in [-0.1, -0.05) is 32.0 Å². The normalized spacial score (nSPS) is 16.0. The van der Waals surface area contributed by atoms with E-state index in [9.17, 15) is 14.4 Å². The number of para-hydroxylation sites is 1. The molecule has 1 heterocycles. The van der Waals surface area contributed by atoms with Crippen LogP contribution in [0.4, 0.5) is 5.69 Å². The molecule has 0 radical (unpaired) electrons. The van der Waals surface area contributed by atoms with Crippen molar-refractivity contribution in [2.75, 3.05) is 24.6 Å². The number of anilines is 1. The first-order chi connectivity index (χ1) is 13.0. The first-order valence-electron chi connectivity index (χ1n) is 9.46. The van der Waals surface area contributed by atoms with E-state index < -0.39 is 6.04 Å². The second kappa shape index (κ2) is 9.85. The van der Waals surface area contributed by atoms with Crippen LogP contribution in [0.2, 0.25) is 0 Å². The summed E-state index contributed by atoms with van der Waals surface area (Å²) in [4.78, 5) is 38.6. The Kier molecular flexibility index (Phi) is 7.52. The highest BCUT2D eigenvalue weighted by atomic mass is 16.2. The predicted molar refractivity (Wildman–Crippen MR) is 106 cm³/mol. The minimum Gasteiger partial charge on any atom is -0.355 e. The fraction of sp³-hybridized carbons (Fsp3) is 0.500. The Morgan fingerprint density at radius 3 is 2.48 bits per heavy atom. The van der Waals surface area contributed by atoms with Crippen LogP contribution in [0.5, 0.6) is 0 Å². The number of rotatable bonds is 9. The minimum atomic E-state index is -0.497. The zero-order chi connectivity index (χ0) is 19.8. The highest BCUT2D eigenvalue weighted by molar-refractivity contribution is 6.40. The molecule has 1 atom stereocenters. The van der Waals surface area contributed by atoms with Crippen LogP contribution >= 0.6 is 0 Å². The Hall–Kier alpha value is -2.70. The molecule has 1 N–H and O–H groups in total. The number of nitrogens with zero attached hydrogens (tertiary/aromatic N) is 3. The van der Waals surface area contributed by atoms with Gasteiger partial charge in [0.1, 0.15) is 11.8 Å². The lowest BCUT2D eigenvalue weighted by Crippen LogP contribution is -2.44.